The molecule has 1 N–H and O–H groups in total. The first-order chi connectivity index (χ1) is 10.2. The zero-order valence-electron chi connectivity index (χ0n) is 12.6. The van der Waals surface area contributed by atoms with Crippen LogP contribution in [0.25, 0.3) is 0 Å². The van der Waals surface area contributed by atoms with Gasteiger partial charge in [-0.1, -0.05) is 0 Å². The zero-order chi connectivity index (χ0) is 14.8. The van der Waals surface area contributed by atoms with Crippen molar-refractivity contribution in [2.45, 2.75) is 13.0 Å². The minimum absolute atomic E-state index is 0.325. The van der Waals surface area contributed by atoms with E-state index in [0.29, 0.717) is 11.6 Å². The molecule has 6 nitrogen and oxygen atoms in total. The maximum Gasteiger partial charge on any atom is 0.339 e. The molecule has 1 aromatic heterocycles. The normalized spacial score (nSPS) is 20.2. The predicted molar refractivity (Wildman–Crippen MR) is 80.8 cm³/mol. The Balaban J connectivity index is 1.61. The Labute approximate surface area is 125 Å². The predicted octanol–water partition coefficient (Wildman–Crippen LogP) is 0.270. The van der Waals surface area contributed by atoms with Crippen LogP contribution in [-0.4, -0.2) is 68.3 Å². The SMILES string of the molecule is COC(=O)c1ccc(N2CC(N3CCNCC3)C2)nc1C. The van der Waals surface area contributed by atoms with E-state index in [1.54, 1.807) is 0 Å². The Kier molecular flexibility index (Phi) is 4.07. The van der Waals surface area contributed by atoms with Crippen LogP contribution in [0.1, 0.15) is 16.1 Å². The summed E-state index contributed by atoms with van der Waals surface area (Å²) in [4.78, 5) is 20.9. The molecule has 0 bridgehead atoms. The molecule has 0 amide bonds. The van der Waals surface area contributed by atoms with Gasteiger partial charge in [-0.2, -0.15) is 0 Å². The van der Waals surface area contributed by atoms with Crippen molar-refractivity contribution in [3.63, 3.8) is 0 Å². The second-order valence-corrected chi connectivity index (χ2v) is 5.64. The van der Waals surface area contributed by atoms with E-state index in [4.69, 9.17) is 4.74 Å². The van der Waals surface area contributed by atoms with Crippen molar-refractivity contribution in [2.24, 2.45) is 0 Å². The van der Waals surface area contributed by atoms with Crippen LogP contribution in [0.4, 0.5) is 5.82 Å². The number of aromatic nitrogens is 1. The summed E-state index contributed by atoms with van der Waals surface area (Å²) in [6.07, 6.45) is 0. The topological polar surface area (TPSA) is 57.7 Å². The summed E-state index contributed by atoms with van der Waals surface area (Å²) < 4.78 is 4.75. The van der Waals surface area contributed by atoms with Crippen LogP contribution < -0.4 is 10.2 Å². The Morgan fingerprint density at radius 3 is 2.67 bits per heavy atom. The molecule has 0 aliphatic carbocycles. The van der Waals surface area contributed by atoms with Crippen molar-refractivity contribution in [1.82, 2.24) is 15.2 Å². The lowest BCUT2D eigenvalue weighted by molar-refractivity contribution is 0.0599. The number of carbonyl (C=O) groups excluding carboxylic acids is 1. The fourth-order valence-corrected chi connectivity index (χ4v) is 2.97. The van der Waals surface area contributed by atoms with Crippen molar-refractivity contribution < 1.29 is 9.53 Å². The number of hydrogen-bond donors (Lipinski definition) is 1. The average molecular weight is 290 g/mol. The molecule has 2 saturated heterocycles. The Bertz CT molecular complexity index is 522. The third kappa shape index (κ3) is 2.87. The van der Waals surface area contributed by atoms with Gasteiger partial charge >= 0.3 is 5.97 Å². The summed E-state index contributed by atoms with van der Waals surface area (Å²) in [6, 6.07) is 4.35. The van der Waals surface area contributed by atoms with Gasteiger partial charge in [0.25, 0.3) is 0 Å². The smallest absolute Gasteiger partial charge is 0.339 e. The molecule has 3 rings (SSSR count). The number of anilines is 1. The van der Waals surface area contributed by atoms with Crippen molar-refractivity contribution in [3.05, 3.63) is 23.4 Å². The summed E-state index contributed by atoms with van der Waals surface area (Å²) in [7, 11) is 1.39. The molecular formula is C15H22N4O2. The van der Waals surface area contributed by atoms with Crippen LogP contribution in [0.5, 0.6) is 0 Å². The van der Waals surface area contributed by atoms with Gasteiger partial charge in [0, 0.05) is 45.3 Å². The van der Waals surface area contributed by atoms with Gasteiger partial charge in [-0.05, 0) is 19.1 Å². The lowest BCUT2D eigenvalue weighted by atomic mass is 10.1. The highest BCUT2D eigenvalue weighted by Crippen LogP contribution is 2.23. The highest BCUT2D eigenvalue weighted by Gasteiger charge is 2.33. The first-order valence-electron chi connectivity index (χ1n) is 7.44. The number of methoxy groups -OCH3 is 1. The van der Waals surface area contributed by atoms with Crippen molar-refractivity contribution in [3.8, 4) is 0 Å². The van der Waals surface area contributed by atoms with Crippen molar-refractivity contribution >= 4 is 11.8 Å². The number of piperazine rings is 1. The summed E-state index contributed by atoms with van der Waals surface area (Å²) in [5, 5.41) is 3.38. The van der Waals surface area contributed by atoms with Gasteiger partial charge in [0.15, 0.2) is 0 Å². The van der Waals surface area contributed by atoms with Crippen LogP contribution >= 0.6 is 0 Å². The van der Waals surface area contributed by atoms with Crippen molar-refractivity contribution in [2.75, 3.05) is 51.3 Å². The molecule has 0 unspecified atom stereocenters. The number of nitrogens with one attached hydrogen (secondary N) is 1. The van der Waals surface area contributed by atoms with Gasteiger partial charge in [-0.15, -0.1) is 0 Å². The molecule has 0 spiro atoms. The first kappa shape index (κ1) is 14.3. The minimum atomic E-state index is -0.325. The van der Waals surface area contributed by atoms with Gasteiger partial charge in [0.05, 0.1) is 18.4 Å². The van der Waals surface area contributed by atoms with Gasteiger partial charge < -0.3 is 15.0 Å². The number of nitrogens with zero attached hydrogens (tertiary/aromatic N) is 3. The van der Waals surface area contributed by atoms with Crippen molar-refractivity contribution in [1.29, 1.82) is 0 Å². The van der Waals surface area contributed by atoms with E-state index in [9.17, 15) is 4.79 Å². The highest BCUT2D eigenvalue weighted by molar-refractivity contribution is 5.90. The van der Waals surface area contributed by atoms with Crippen LogP contribution in [0.3, 0.4) is 0 Å². The maximum absolute atomic E-state index is 11.6. The molecule has 3 heterocycles. The largest absolute Gasteiger partial charge is 0.465 e. The van der Waals surface area contributed by atoms with E-state index in [1.807, 2.05) is 19.1 Å². The van der Waals surface area contributed by atoms with Gasteiger partial charge in [-0.25, -0.2) is 9.78 Å². The monoisotopic (exact) mass is 290 g/mol. The summed E-state index contributed by atoms with van der Waals surface area (Å²) >= 11 is 0. The molecule has 2 aliphatic rings. The fourth-order valence-electron chi connectivity index (χ4n) is 2.97. The molecule has 114 valence electrons. The average Bonchev–Trinajstić information content (AvgIpc) is 2.46. The number of aryl methyl sites for hydroxylation is 1. The summed E-state index contributed by atoms with van der Waals surface area (Å²) in [5.74, 6) is 0.625. The molecule has 0 aromatic carbocycles. The standard InChI is InChI=1S/C15H22N4O2/c1-11-13(15(20)21-2)3-4-14(17-11)19-9-12(10-19)18-7-5-16-6-8-18/h3-4,12,16H,5-10H2,1-2H3. The number of carbonyl (C=O) groups is 1. The number of rotatable bonds is 3. The third-order valence-corrected chi connectivity index (χ3v) is 4.33. The minimum Gasteiger partial charge on any atom is -0.465 e. The first-order valence-corrected chi connectivity index (χ1v) is 7.44. The maximum atomic E-state index is 11.6. The van der Waals surface area contributed by atoms with Crippen LogP contribution in [0.2, 0.25) is 0 Å². The van der Waals surface area contributed by atoms with E-state index >= 15 is 0 Å². The molecule has 6 heteroatoms. The second kappa shape index (κ2) is 5.99. The van der Waals surface area contributed by atoms with Gasteiger partial charge in [0.1, 0.15) is 5.82 Å². The Morgan fingerprint density at radius 2 is 2.05 bits per heavy atom. The van der Waals surface area contributed by atoms with E-state index in [-0.39, 0.29) is 5.97 Å². The fraction of sp³-hybridized carbons (Fsp3) is 0.600. The Hall–Kier alpha value is -1.66. The highest BCUT2D eigenvalue weighted by atomic mass is 16.5. The molecule has 2 fully saturated rings. The lowest BCUT2D eigenvalue weighted by Gasteiger charge is -2.47. The molecule has 2 aliphatic heterocycles. The molecule has 0 radical (unpaired) electrons. The third-order valence-electron chi connectivity index (χ3n) is 4.33. The summed E-state index contributed by atoms with van der Waals surface area (Å²) in [6.45, 7) is 8.32. The zero-order valence-corrected chi connectivity index (χ0v) is 12.6. The molecule has 0 saturated carbocycles. The molecule has 1 aromatic rings. The lowest BCUT2D eigenvalue weighted by Crippen LogP contribution is -2.63. The van der Waals surface area contributed by atoms with E-state index < -0.39 is 0 Å². The van der Waals surface area contributed by atoms with Crippen LogP contribution in [0.15, 0.2) is 12.1 Å². The molecule has 21 heavy (non-hydrogen) atoms. The number of hydrogen-bond acceptors (Lipinski definition) is 6. The van der Waals surface area contributed by atoms with E-state index in [0.717, 1.165) is 50.8 Å². The number of pyridine rings is 1. The number of esters is 1. The Morgan fingerprint density at radius 1 is 1.33 bits per heavy atom. The summed E-state index contributed by atoms with van der Waals surface area (Å²) in [5.41, 5.74) is 1.27. The quantitative estimate of drug-likeness (QED) is 0.807. The van der Waals surface area contributed by atoms with Gasteiger partial charge in [0.2, 0.25) is 0 Å². The van der Waals surface area contributed by atoms with Gasteiger partial charge in [-0.3, -0.25) is 4.90 Å². The van der Waals surface area contributed by atoms with E-state index in [1.165, 1.54) is 7.11 Å². The molecule has 0 atom stereocenters. The van der Waals surface area contributed by atoms with E-state index in [2.05, 4.69) is 20.1 Å². The molecular weight excluding hydrogens is 268 g/mol. The second-order valence-electron chi connectivity index (χ2n) is 5.64. The van der Waals surface area contributed by atoms with Crippen LogP contribution in [-0.2, 0) is 4.74 Å². The van der Waals surface area contributed by atoms with Crippen LogP contribution in [0, 0.1) is 6.92 Å². The number of ether oxygens (including phenoxy) is 1.